The second kappa shape index (κ2) is 10.8. The summed E-state index contributed by atoms with van der Waals surface area (Å²) in [6, 6.07) is 11.1. The predicted octanol–water partition coefficient (Wildman–Crippen LogP) is 3.96. The normalized spacial score (nSPS) is 17.9. The summed E-state index contributed by atoms with van der Waals surface area (Å²) in [7, 11) is 1.70. The first-order valence-electron chi connectivity index (χ1n) is 11.7. The van der Waals surface area contributed by atoms with Crippen molar-refractivity contribution in [2.24, 2.45) is 5.92 Å². The van der Waals surface area contributed by atoms with E-state index in [2.05, 4.69) is 20.9 Å². The Hall–Kier alpha value is -2.67. The molecule has 32 heavy (non-hydrogen) atoms. The van der Waals surface area contributed by atoms with Crippen LogP contribution < -0.4 is 14.5 Å². The zero-order chi connectivity index (χ0) is 22.3. The van der Waals surface area contributed by atoms with Crippen molar-refractivity contribution in [3.63, 3.8) is 0 Å². The maximum Gasteiger partial charge on any atom is 0.231 e. The van der Waals surface area contributed by atoms with E-state index in [4.69, 9.17) is 4.74 Å². The van der Waals surface area contributed by atoms with Crippen LogP contribution in [0.2, 0.25) is 0 Å². The monoisotopic (exact) mass is 440 g/mol. The molecule has 2 aliphatic rings. The number of ether oxygens (including phenoxy) is 1. The Kier molecular flexibility index (Phi) is 7.58. The quantitative estimate of drug-likeness (QED) is 0.652. The zero-order valence-electron chi connectivity index (χ0n) is 18.9. The highest BCUT2D eigenvalue weighted by atomic mass is 19.1. The van der Waals surface area contributed by atoms with Gasteiger partial charge in [-0.15, -0.1) is 0 Å². The molecule has 4 rings (SSSR count). The number of hydrogen-bond donors (Lipinski definition) is 0. The first kappa shape index (κ1) is 22.5. The van der Waals surface area contributed by atoms with Gasteiger partial charge < -0.3 is 9.64 Å². The summed E-state index contributed by atoms with van der Waals surface area (Å²) in [5, 5.41) is 0. The third-order valence-corrected chi connectivity index (χ3v) is 6.65. The molecule has 6 nitrogen and oxygen atoms in total. The summed E-state index contributed by atoms with van der Waals surface area (Å²) >= 11 is 0. The van der Waals surface area contributed by atoms with Gasteiger partial charge in [0, 0.05) is 45.2 Å². The largest absolute Gasteiger partial charge is 0.495 e. The second-order valence-corrected chi connectivity index (χ2v) is 8.66. The molecule has 0 spiro atoms. The highest BCUT2D eigenvalue weighted by molar-refractivity contribution is 5.94. The van der Waals surface area contributed by atoms with E-state index in [0.717, 1.165) is 69.8 Å². The van der Waals surface area contributed by atoms with E-state index in [-0.39, 0.29) is 17.6 Å². The van der Waals surface area contributed by atoms with Crippen LogP contribution in [0, 0.1) is 11.7 Å². The van der Waals surface area contributed by atoms with Crippen LogP contribution in [-0.4, -0.2) is 62.2 Å². The van der Waals surface area contributed by atoms with Crippen LogP contribution >= 0.6 is 0 Å². The van der Waals surface area contributed by atoms with Crippen LogP contribution in [0.1, 0.15) is 32.1 Å². The van der Waals surface area contributed by atoms with Gasteiger partial charge in [0.2, 0.25) is 5.91 Å². The average molecular weight is 441 g/mol. The number of piperazine rings is 1. The molecule has 1 aliphatic heterocycles. The molecule has 1 aromatic carbocycles. The smallest absolute Gasteiger partial charge is 0.231 e. The lowest BCUT2D eigenvalue weighted by Crippen LogP contribution is -2.50. The number of carbonyl (C=O) groups excluding carboxylic acids is 1. The van der Waals surface area contributed by atoms with Gasteiger partial charge in [-0.3, -0.25) is 14.6 Å². The third-order valence-electron chi connectivity index (χ3n) is 6.65. The second-order valence-electron chi connectivity index (χ2n) is 8.66. The van der Waals surface area contributed by atoms with Crippen LogP contribution in [-0.2, 0) is 4.79 Å². The number of carbonyl (C=O) groups is 1. The molecule has 0 bridgehead atoms. The van der Waals surface area contributed by atoms with Crippen LogP contribution in [0.5, 0.6) is 5.75 Å². The summed E-state index contributed by atoms with van der Waals surface area (Å²) in [4.78, 5) is 24.0. The van der Waals surface area contributed by atoms with Crippen molar-refractivity contribution in [1.82, 2.24) is 9.88 Å². The first-order valence-corrected chi connectivity index (χ1v) is 11.7. The lowest BCUT2D eigenvalue weighted by Gasteiger charge is -2.37. The molecule has 0 atom stereocenters. The van der Waals surface area contributed by atoms with Crippen molar-refractivity contribution in [2.75, 3.05) is 56.2 Å². The minimum absolute atomic E-state index is 0.0537. The lowest BCUT2D eigenvalue weighted by atomic mass is 9.88. The number of halogens is 1. The summed E-state index contributed by atoms with van der Waals surface area (Å²) in [6.45, 7) is 5.00. The summed E-state index contributed by atoms with van der Waals surface area (Å²) in [6.07, 6.45) is 6.48. The van der Waals surface area contributed by atoms with Crippen molar-refractivity contribution < 1.29 is 13.9 Å². The zero-order valence-corrected chi connectivity index (χ0v) is 18.9. The summed E-state index contributed by atoms with van der Waals surface area (Å²) in [5.74, 6) is 1.25. The van der Waals surface area contributed by atoms with Crippen molar-refractivity contribution >= 4 is 17.4 Å². The number of benzene rings is 1. The number of methoxy groups -OCH3 is 1. The van der Waals surface area contributed by atoms with Crippen LogP contribution in [0.4, 0.5) is 15.9 Å². The van der Waals surface area contributed by atoms with Crippen LogP contribution in [0.25, 0.3) is 0 Å². The molecule has 1 aliphatic carbocycles. The van der Waals surface area contributed by atoms with E-state index in [1.165, 1.54) is 18.7 Å². The molecule has 0 unspecified atom stereocenters. The summed E-state index contributed by atoms with van der Waals surface area (Å²) in [5.41, 5.74) is 1.12. The SMILES string of the molecule is COc1ccccc1N1CCN(CCN(C(=O)C2CCCCC2)c2ccc(F)cn2)CC1. The van der Waals surface area contributed by atoms with E-state index in [1.54, 1.807) is 18.1 Å². The van der Waals surface area contributed by atoms with E-state index >= 15 is 0 Å². The number of aromatic nitrogens is 1. The summed E-state index contributed by atoms with van der Waals surface area (Å²) < 4.78 is 18.9. The van der Waals surface area contributed by atoms with Gasteiger partial charge >= 0.3 is 0 Å². The third kappa shape index (κ3) is 5.38. The molecule has 2 fully saturated rings. The van der Waals surface area contributed by atoms with Gasteiger partial charge in [-0.25, -0.2) is 9.37 Å². The number of pyridine rings is 1. The molecular formula is C25H33FN4O2. The molecule has 2 aromatic rings. The van der Waals surface area contributed by atoms with E-state index in [0.29, 0.717) is 12.4 Å². The Bertz CT molecular complexity index is 878. The number of para-hydroxylation sites is 2. The van der Waals surface area contributed by atoms with Crippen molar-refractivity contribution in [2.45, 2.75) is 32.1 Å². The number of anilines is 2. The Morgan fingerprint density at radius 2 is 1.84 bits per heavy atom. The van der Waals surface area contributed by atoms with Crippen molar-refractivity contribution in [3.05, 3.63) is 48.4 Å². The number of nitrogens with zero attached hydrogens (tertiary/aromatic N) is 4. The van der Waals surface area contributed by atoms with Gasteiger partial charge in [-0.2, -0.15) is 0 Å². The van der Waals surface area contributed by atoms with Gasteiger partial charge in [0.05, 0.1) is 19.0 Å². The molecule has 1 saturated carbocycles. The molecule has 0 N–H and O–H groups in total. The van der Waals surface area contributed by atoms with Gasteiger partial charge in [-0.1, -0.05) is 31.4 Å². The minimum Gasteiger partial charge on any atom is -0.495 e. The molecule has 1 aromatic heterocycles. The highest BCUT2D eigenvalue weighted by Crippen LogP contribution is 2.29. The van der Waals surface area contributed by atoms with E-state index in [1.807, 2.05) is 18.2 Å². The average Bonchev–Trinajstić information content (AvgIpc) is 2.86. The molecular weight excluding hydrogens is 407 g/mol. The fourth-order valence-corrected chi connectivity index (χ4v) is 4.78. The lowest BCUT2D eigenvalue weighted by molar-refractivity contribution is -0.123. The maximum absolute atomic E-state index is 13.4. The number of hydrogen-bond acceptors (Lipinski definition) is 5. The first-order chi connectivity index (χ1) is 15.7. The number of amides is 1. The molecule has 0 radical (unpaired) electrons. The van der Waals surface area contributed by atoms with Gasteiger partial charge in [-0.05, 0) is 37.1 Å². The standard InChI is InChI=1S/C25H33FN4O2/c1-32-23-10-6-5-9-22(23)29-16-13-28(14-17-29)15-18-30(24-12-11-21(26)19-27-24)25(31)20-7-3-2-4-8-20/h5-6,9-12,19-20H,2-4,7-8,13-18H2,1H3. The highest BCUT2D eigenvalue weighted by Gasteiger charge is 2.28. The fraction of sp³-hybridized carbons (Fsp3) is 0.520. The maximum atomic E-state index is 13.4. The van der Waals surface area contributed by atoms with Crippen LogP contribution in [0.15, 0.2) is 42.6 Å². The molecule has 172 valence electrons. The van der Waals surface area contributed by atoms with E-state index < -0.39 is 0 Å². The van der Waals surface area contributed by atoms with Crippen LogP contribution in [0.3, 0.4) is 0 Å². The Balaban J connectivity index is 1.38. The van der Waals surface area contributed by atoms with E-state index in [9.17, 15) is 9.18 Å². The van der Waals surface area contributed by atoms with Gasteiger partial charge in [0.25, 0.3) is 0 Å². The Morgan fingerprint density at radius 1 is 1.09 bits per heavy atom. The molecule has 2 heterocycles. The molecule has 7 heteroatoms. The predicted molar refractivity (Wildman–Crippen MR) is 125 cm³/mol. The van der Waals surface area contributed by atoms with Crippen molar-refractivity contribution in [1.29, 1.82) is 0 Å². The van der Waals surface area contributed by atoms with Crippen molar-refractivity contribution in [3.8, 4) is 5.75 Å². The fourth-order valence-electron chi connectivity index (χ4n) is 4.78. The minimum atomic E-state index is -0.383. The van der Waals surface area contributed by atoms with Gasteiger partial charge in [0.15, 0.2) is 0 Å². The van der Waals surface area contributed by atoms with Gasteiger partial charge in [0.1, 0.15) is 17.4 Å². The molecule has 1 saturated heterocycles. The molecule has 1 amide bonds. The number of rotatable bonds is 7. The topological polar surface area (TPSA) is 48.9 Å². The Morgan fingerprint density at radius 3 is 2.53 bits per heavy atom. The Labute approximate surface area is 190 Å².